The number of carbonyl (C=O) groups is 1. The highest BCUT2D eigenvalue weighted by atomic mass is 16.1. The third-order valence-corrected chi connectivity index (χ3v) is 6.34. The lowest BCUT2D eigenvalue weighted by molar-refractivity contribution is 0.0826. The van der Waals surface area contributed by atoms with Crippen molar-refractivity contribution in [2.24, 2.45) is 16.7 Å². The number of hydrogen-bond acceptors (Lipinski definition) is 3. The summed E-state index contributed by atoms with van der Waals surface area (Å²) in [5.74, 6) is 0.641. The summed E-state index contributed by atoms with van der Waals surface area (Å²) >= 11 is 0. The Bertz CT molecular complexity index is 575. The van der Waals surface area contributed by atoms with Crippen molar-refractivity contribution in [3.63, 3.8) is 0 Å². The first-order valence-electron chi connectivity index (χ1n) is 7.71. The van der Waals surface area contributed by atoms with Gasteiger partial charge in [-0.1, -0.05) is 20.8 Å². The third kappa shape index (κ3) is 2.00. The van der Waals surface area contributed by atoms with Gasteiger partial charge in [0.25, 0.3) is 5.91 Å². The van der Waals surface area contributed by atoms with Gasteiger partial charge in [0.2, 0.25) is 0 Å². The predicted molar refractivity (Wildman–Crippen MR) is 85.8 cm³/mol. The normalized spacial score (nSPS) is 33.1. The molecule has 0 heterocycles. The van der Waals surface area contributed by atoms with Crippen LogP contribution in [0.5, 0.6) is 0 Å². The summed E-state index contributed by atoms with van der Waals surface area (Å²) in [4.78, 5) is 12.5. The lowest BCUT2D eigenvalue weighted by Crippen LogP contribution is -2.46. The maximum absolute atomic E-state index is 12.5. The van der Waals surface area contributed by atoms with Crippen LogP contribution < -0.4 is 16.8 Å². The number of anilines is 2. The minimum absolute atomic E-state index is 0.0661. The molecular formula is C17H25N3O. The molecule has 5 N–H and O–H groups in total. The van der Waals surface area contributed by atoms with Crippen LogP contribution in [0.4, 0.5) is 11.4 Å². The van der Waals surface area contributed by atoms with E-state index in [9.17, 15) is 4.79 Å². The monoisotopic (exact) mass is 287 g/mol. The molecule has 21 heavy (non-hydrogen) atoms. The zero-order chi connectivity index (χ0) is 15.4. The van der Waals surface area contributed by atoms with Crippen LogP contribution in [0.25, 0.3) is 0 Å². The van der Waals surface area contributed by atoms with Gasteiger partial charge >= 0.3 is 0 Å². The van der Waals surface area contributed by atoms with E-state index in [4.69, 9.17) is 11.5 Å². The van der Waals surface area contributed by atoms with Crippen LogP contribution in [0.2, 0.25) is 0 Å². The number of nitrogens with one attached hydrogen (secondary N) is 1. The van der Waals surface area contributed by atoms with Crippen LogP contribution in [0, 0.1) is 16.7 Å². The van der Waals surface area contributed by atoms with Crippen molar-refractivity contribution >= 4 is 17.3 Å². The fraction of sp³-hybridized carbons (Fsp3) is 0.588. The van der Waals surface area contributed by atoms with Crippen LogP contribution in [0.3, 0.4) is 0 Å². The van der Waals surface area contributed by atoms with Gasteiger partial charge < -0.3 is 16.8 Å². The van der Waals surface area contributed by atoms with Crippen molar-refractivity contribution in [1.82, 2.24) is 5.32 Å². The van der Waals surface area contributed by atoms with Crippen molar-refractivity contribution in [2.75, 3.05) is 11.5 Å². The fourth-order valence-electron chi connectivity index (χ4n) is 4.47. The Hall–Kier alpha value is -1.71. The molecule has 1 aromatic carbocycles. The number of rotatable bonds is 2. The Morgan fingerprint density at radius 2 is 1.81 bits per heavy atom. The lowest BCUT2D eigenvalue weighted by atomic mass is 9.69. The molecule has 0 aliphatic heterocycles. The Morgan fingerprint density at radius 3 is 2.29 bits per heavy atom. The highest BCUT2D eigenvalue weighted by Crippen LogP contribution is 2.65. The van der Waals surface area contributed by atoms with Crippen molar-refractivity contribution in [2.45, 2.75) is 46.1 Å². The quantitative estimate of drug-likeness (QED) is 0.732. The standard InChI is InChI=1S/C17H25N3O/c1-16(2)11-4-5-17(16,3)14(8-11)20-15(21)10-6-12(18)9-13(19)7-10/h6-7,9,11,14H,4-5,8,18-19H2,1-3H3,(H,20,21). The Morgan fingerprint density at radius 1 is 1.19 bits per heavy atom. The molecule has 4 nitrogen and oxygen atoms in total. The molecule has 1 aromatic rings. The summed E-state index contributed by atoms with van der Waals surface area (Å²) < 4.78 is 0. The summed E-state index contributed by atoms with van der Waals surface area (Å²) in [6, 6.07) is 5.28. The maximum atomic E-state index is 12.5. The molecule has 3 unspecified atom stereocenters. The van der Waals surface area contributed by atoms with Crippen molar-refractivity contribution in [3.05, 3.63) is 23.8 Å². The Labute approximate surface area is 126 Å². The van der Waals surface area contributed by atoms with Crippen LogP contribution in [0.1, 0.15) is 50.4 Å². The molecule has 4 heteroatoms. The molecule has 3 atom stereocenters. The third-order valence-electron chi connectivity index (χ3n) is 6.34. The van der Waals surface area contributed by atoms with E-state index in [0.717, 1.165) is 6.42 Å². The smallest absolute Gasteiger partial charge is 0.251 e. The number of fused-ring (bicyclic) bond motifs is 2. The molecule has 2 bridgehead atoms. The summed E-state index contributed by atoms with van der Waals surface area (Å²) in [6.07, 6.45) is 3.54. The summed E-state index contributed by atoms with van der Waals surface area (Å²) in [5.41, 5.74) is 13.6. The SMILES string of the molecule is CC1(C)C2CCC1(C)C(NC(=O)c1cc(N)cc(N)c1)C2. The van der Waals surface area contributed by atoms with E-state index < -0.39 is 0 Å². The maximum Gasteiger partial charge on any atom is 0.251 e. The molecular weight excluding hydrogens is 262 g/mol. The number of nitrogens with two attached hydrogens (primary N) is 2. The van der Waals surface area contributed by atoms with Gasteiger partial charge in [0.15, 0.2) is 0 Å². The molecule has 114 valence electrons. The van der Waals surface area contributed by atoms with E-state index >= 15 is 0 Å². The highest BCUT2D eigenvalue weighted by Gasteiger charge is 2.61. The topological polar surface area (TPSA) is 81.1 Å². The van der Waals surface area contributed by atoms with E-state index in [1.807, 2.05) is 0 Å². The first kappa shape index (κ1) is 14.2. The molecule has 0 radical (unpaired) electrons. The summed E-state index contributed by atoms with van der Waals surface area (Å²) in [5, 5.41) is 3.23. The minimum Gasteiger partial charge on any atom is -0.399 e. The van der Waals surface area contributed by atoms with E-state index in [-0.39, 0.29) is 17.4 Å². The first-order valence-corrected chi connectivity index (χ1v) is 7.71. The van der Waals surface area contributed by atoms with Crippen LogP contribution in [-0.4, -0.2) is 11.9 Å². The van der Waals surface area contributed by atoms with Crippen LogP contribution >= 0.6 is 0 Å². The number of benzene rings is 1. The molecule has 3 rings (SSSR count). The molecule has 2 saturated carbocycles. The van der Waals surface area contributed by atoms with Crippen LogP contribution in [0.15, 0.2) is 18.2 Å². The largest absolute Gasteiger partial charge is 0.399 e. The number of hydrogen-bond donors (Lipinski definition) is 3. The van der Waals surface area contributed by atoms with Gasteiger partial charge in [-0.2, -0.15) is 0 Å². The van der Waals surface area contributed by atoms with E-state index in [1.54, 1.807) is 18.2 Å². The minimum atomic E-state index is -0.0661. The van der Waals surface area contributed by atoms with Gasteiger partial charge in [-0.15, -0.1) is 0 Å². The first-order chi connectivity index (χ1) is 9.74. The van der Waals surface area contributed by atoms with Crippen LogP contribution in [-0.2, 0) is 0 Å². The van der Waals surface area contributed by atoms with Gasteiger partial charge in [0.1, 0.15) is 0 Å². The lowest BCUT2D eigenvalue weighted by Gasteiger charge is -2.39. The van der Waals surface area contributed by atoms with E-state index in [2.05, 4.69) is 26.1 Å². The zero-order valence-electron chi connectivity index (χ0n) is 13.1. The summed E-state index contributed by atoms with van der Waals surface area (Å²) in [7, 11) is 0. The fourth-order valence-corrected chi connectivity index (χ4v) is 4.47. The molecule has 2 aliphatic rings. The average Bonchev–Trinajstić information content (AvgIpc) is 2.70. The molecule has 0 aromatic heterocycles. The second kappa shape index (κ2) is 4.39. The van der Waals surface area contributed by atoms with Gasteiger partial charge in [-0.3, -0.25) is 4.79 Å². The van der Waals surface area contributed by atoms with Gasteiger partial charge in [-0.05, 0) is 54.2 Å². The van der Waals surface area contributed by atoms with Crippen molar-refractivity contribution in [3.8, 4) is 0 Å². The zero-order valence-corrected chi connectivity index (χ0v) is 13.1. The second-order valence-electron chi connectivity index (χ2n) is 7.52. The van der Waals surface area contributed by atoms with Gasteiger partial charge in [0, 0.05) is 23.0 Å². The predicted octanol–water partition coefficient (Wildman–Crippen LogP) is 2.80. The molecule has 2 aliphatic carbocycles. The molecule has 2 fully saturated rings. The highest BCUT2D eigenvalue weighted by molar-refractivity contribution is 5.96. The van der Waals surface area contributed by atoms with Gasteiger partial charge in [0.05, 0.1) is 0 Å². The summed E-state index contributed by atoms with van der Waals surface area (Å²) in [6.45, 7) is 7.00. The number of amides is 1. The van der Waals surface area contributed by atoms with E-state index in [1.165, 1.54) is 12.8 Å². The second-order valence-corrected chi connectivity index (χ2v) is 7.52. The van der Waals surface area contributed by atoms with Gasteiger partial charge in [-0.25, -0.2) is 0 Å². The molecule has 0 saturated heterocycles. The van der Waals surface area contributed by atoms with Crippen molar-refractivity contribution < 1.29 is 4.79 Å². The number of carbonyl (C=O) groups excluding carboxylic acids is 1. The molecule has 1 amide bonds. The van der Waals surface area contributed by atoms with E-state index in [0.29, 0.717) is 28.3 Å². The Kier molecular flexibility index (Phi) is 2.98. The van der Waals surface area contributed by atoms with Crippen molar-refractivity contribution in [1.29, 1.82) is 0 Å². The average molecular weight is 287 g/mol. The molecule has 0 spiro atoms. The number of nitrogen functional groups attached to an aromatic ring is 2. The Balaban J connectivity index is 1.80.